The zero-order valence-electron chi connectivity index (χ0n) is 7.74. The van der Waals surface area contributed by atoms with Crippen LogP contribution in [-0.4, -0.2) is 26.6 Å². The van der Waals surface area contributed by atoms with Gasteiger partial charge in [0.25, 0.3) is 0 Å². The molecule has 2 nitrogen and oxygen atoms in total. The van der Waals surface area contributed by atoms with Gasteiger partial charge < -0.3 is 0 Å². The third-order valence-corrected chi connectivity index (χ3v) is 3.39. The number of halogens is 1. The molecule has 0 spiro atoms. The van der Waals surface area contributed by atoms with Crippen molar-refractivity contribution in [1.82, 2.24) is 9.78 Å². The fourth-order valence-electron chi connectivity index (χ4n) is 1.42. The fraction of sp³-hybridized carbons (Fsp3) is 0.100. The van der Waals surface area contributed by atoms with Gasteiger partial charge in [-0.15, -0.1) is 0 Å². The first kappa shape index (κ1) is 10.0. The van der Waals surface area contributed by atoms with E-state index < -0.39 is 0 Å². The van der Waals surface area contributed by atoms with Crippen molar-refractivity contribution in [2.75, 3.05) is 0 Å². The van der Waals surface area contributed by atoms with Gasteiger partial charge in [-0.2, -0.15) is 0 Å². The number of hydrogen-bond acceptors (Lipinski definition) is 1. The number of rotatable bonds is 1. The number of benzene rings is 1. The van der Waals surface area contributed by atoms with Crippen LogP contribution in [0, 0.1) is 0 Å². The summed E-state index contributed by atoms with van der Waals surface area (Å²) in [6.45, 7) is 0. The van der Waals surface area contributed by atoms with E-state index in [1.165, 1.54) is 9.91 Å². The van der Waals surface area contributed by atoms with Gasteiger partial charge in [0.15, 0.2) is 0 Å². The maximum atomic E-state index is 4.20. The first-order chi connectivity index (χ1) is 6.68. The Hall–Kier alpha value is -0.532. The monoisotopic (exact) mass is 312 g/mol. The van der Waals surface area contributed by atoms with E-state index in [0.29, 0.717) is 0 Å². The standard InChI is InChI=1S/C10H10AsBrN2/c1-14-10(9(12)6-13-14)7-3-2-4-8(11)5-7/h2-6H,11H2,1H3. The molecule has 0 bridgehead atoms. The van der Waals surface area contributed by atoms with E-state index in [9.17, 15) is 0 Å². The van der Waals surface area contributed by atoms with Crippen molar-refractivity contribution < 1.29 is 0 Å². The van der Waals surface area contributed by atoms with Gasteiger partial charge in [-0.1, -0.05) is 0 Å². The molecule has 1 aromatic carbocycles. The van der Waals surface area contributed by atoms with Crippen molar-refractivity contribution in [3.63, 3.8) is 0 Å². The molecule has 1 aromatic heterocycles. The first-order valence-corrected chi connectivity index (χ1v) is 6.22. The van der Waals surface area contributed by atoms with Crippen LogP contribution in [-0.2, 0) is 7.05 Å². The molecule has 1 atom stereocenters. The van der Waals surface area contributed by atoms with Gasteiger partial charge in [-0.05, 0) is 0 Å². The third kappa shape index (κ3) is 1.79. The first-order valence-electron chi connectivity index (χ1n) is 4.22. The molecule has 0 radical (unpaired) electrons. The van der Waals surface area contributed by atoms with Gasteiger partial charge in [-0.25, -0.2) is 0 Å². The molecular weight excluding hydrogens is 303 g/mol. The van der Waals surface area contributed by atoms with Crippen molar-refractivity contribution in [2.24, 2.45) is 7.05 Å². The molecule has 2 aromatic rings. The molecule has 0 amide bonds. The molecule has 0 fully saturated rings. The van der Waals surface area contributed by atoms with E-state index in [1.54, 1.807) is 16.9 Å². The zero-order valence-corrected chi connectivity index (χ0v) is 11.7. The molecule has 0 saturated carbocycles. The Morgan fingerprint density at radius 2 is 2.21 bits per heavy atom. The van der Waals surface area contributed by atoms with Crippen LogP contribution in [0.15, 0.2) is 34.9 Å². The van der Waals surface area contributed by atoms with Gasteiger partial charge in [0, 0.05) is 0 Å². The second-order valence-electron chi connectivity index (χ2n) is 3.09. The van der Waals surface area contributed by atoms with E-state index in [2.05, 4.69) is 45.3 Å². The second kappa shape index (κ2) is 3.91. The molecule has 1 heterocycles. The van der Waals surface area contributed by atoms with Gasteiger partial charge in [0.1, 0.15) is 0 Å². The van der Waals surface area contributed by atoms with Crippen LogP contribution in [0.25, 0.3) is 11.3 Å². The van der Waals surface area contributed by atoms with Crippen molar-refractivity contribution in [3.8, 4) is 11.3 Å². The summed E-state index contributed by atoms with van der Waals surface area (Å²) in [5.41, 5.74) is 2.34. The van der Waals surface area contributed by atoms with Crippen LogP contribution in [0.1, 0.15) is 0 Å². The van der Waals surface area contributed by atoms with E-state index in [4.69, 9.17) is 0 Å². The van der Waals surface area contributed by atoms with Crippen LogP contribution in [0.2, 0.25) is 0 Å². The Morgan fingerprint density at radius 3 is 2.79 bits per heavy atom. The van der Waals surface area contributed by atoms with Crippen LogP contribution in [0.3, 0.4) is 0 Å². The minimum absolute atomic E-state index is 1.04. The molecule has 0 N–H and O–H groups in total. The van der Waals surface area contributed by atoms with Gasteiger partial charge in [0.05, 0.1) is 0 Å². The van der Waals surface area contributed by atoms with Crippen LogP contribution in [0.4, 0.5) is 0 Å². The Morgan fingerprint density at radius 1 is 1.43 bits per heavy atom. The summed E-state index contributed by atoms with van der Waals surface area (Å²) in [5.74, 6) is 0. The third-order valence-electron chi connectivity index (χ3n) is 2.05. The number of hydrogen-bond donors (Lipinski definition) is 0. The molecule has 1 unspecified atom stereocenters. The minimum atomic E-state index is 1.04. The molecule has 14 heavy (non-hydrogen) atoms. The van der Waals surface area contributed by atoms with E-state index in [-0.39, 0.29) is 0 Å². The quantitative estimate of drug-likeness (QED) is 0.721. The predicted molar refractivity (Wildman–Crippen MR) is 64.5 cm³/mol. The normalized spacial score (nSPS) is 10.5. The van der Waals surface area contributed by atoms with Crippen LogP contribution < -0.4 is 4.35 Å². The Balaban J connectivity index is 2.59. The van der Waals surface area contributed by atoms with Gasteiger partial charge in [0.2, 0.25) is 0 Å². The van der Waals surface area contributed by atoms with Crippen molar-refractivity contribution in [3.05, 3.63) is 34.9 Å². The number of aryl methyl sites for hydroxylation is 1. The number of aromatic nitrogens is 2. The summed E-state index contributed by atoms with van der Waals surface area (Å²) in [6.07, 6.45) is 1.82. The molecule has 0 aliphatic carbocycles. The van der Waals surface area contributed by atoms with E-state index in [0.717, 1.165) is 10.2 Å². The molecule has 0 aliphatic heterocycles. The Kier molecular flexibility index (Phi) is 2.80. The molecule has 4 heteroatoms. The average Bonchev–Trinajstić information content (AvgIpc) is 2.46. The van der Waals surface area contributed by atoms with Crippen molar-refractivity contribution >= 4 is 37.1 Å². The second-order valence-corrected chi connectivity index (χ2v) is 5.34. The summed E-state index contributed by atoms with van der Waals surface area (Å²) in [6, 6.07) is 8.48. The maximum absolute atomic E-state index is 4.20. The average molecular weight is 313 g/mol. The summed E-state index contributed by atoms with van der Waals surface area (Å²) in [7, 11) is 1.95. The Labute approximate surface area is 99.9 Å². The molecule has 0 aliphatic rings. The van der Waals surface area contributed by atoms with Gasteiger partial charge >= 0.3 is 100 Å². The number of nitrogens with zero attached hydrogens (tertiary/aromatic N) is 2. The SMILES string of the molecule is Cn1ncc(Br)c1-c1cccc([AsH2])c1. The summed E-state index contributed by atoms with van der Waals surface area (Å²) in [5, 5.41) is 4.20. The summed E-state index contributed by atoms with van der Waals surface area (Å²) in [4.78, 5) is 0. The zero-order chi connectivity index (χ0) is 10.1. The van der Waals surface area contributed by atoms with E-state index in [1.807, 2.05) is 17.9 Å². The van der Waals surface area contributed by atoms with Crippen molar-refractivity contribution in [2.45, 2.75) is 0 Å². The summed E-state index contributed by atoms with van der Waals surface area (Å²) >= 11 is 5.14. The fourth-order valence-corrected chi connectivity index (χ4v) is 2.61. The Bertz CT molecular complexity index is 445. The molecule has 72 valence electrons. The van der Waals surface area contributed by atoms with Crippen molar-refractivity contribution in [1.29, 1.82) is 0 Å². The summed E-state index contributed by atoms with van der Waals surface area (Å²) < 4.78 is 4.24. The molecule has 2 rings (SSSR count). The molecule has 0 saturated heterocycles. The van der Waals surface area contributed by atoms with Crippen LogP contribution in [0.5, 0.6) is 0 Å². The van der Waals surface area contributed by atoms with E-state index >= 15 is 0 Å². The van der Waals surface area contributed by atoms with Crippen LogP contribution >= 0.6 is 15.9 Å². The predicted octanol–water partition coefficient (Wildman–Crippen LogP) is 1.11. The molecular formula is C10H10AsBrN2. The topological polar surface area (TPSA) is 17.8 Å². The van der Waals surface area contributed by atoms with Gasteiger partial charge in [-0.3, -0.25) is 0 Å².